The molecular formula is C16H21N3O3. The number of urea groups is 1. The first-order valence-corrected chi connectivity index (χ1v) is 7.83. The molecule has 3 rings (SSSR count). The summed E-state index contributed by atoms with van der Waals surface area (Å²) in [5, 5.41) is 9.21. The molecule has 6 nitrogen and oxygen atoms in total. The quantitative estimate of drug-likeness (QED) is 0.857. The Morgan fingerprint density at radius 2 is 1.73 bits per heavy atom. The van der Waals surface area contributed by atoms with Gasteiger partial charge in [-0.15, -0.1) is 0 Å². The average molecular weight is 303 g/mol. The monoisotopic (exact) mass is 303 g/mol. The van der Waals surface area contributed by atoms with E-state index in [2.05, 4.69) is 4.98 Å². The minimum absolute atomic E-state index is 0.112. The van der Waals surface area contributed by atoms with Crippen molar-refractivity contribution in [3.05, 3.63) is 28.6 Å². The first kappa shape index (κ1) is 14.8. The third-order valence-corrected chi connectivity index (χ3v) is 4.53. The van der Waals surface area contributed by atoms with E-state index < -0.39 is 5.97 Å². The Hall–Kier alpha value is -2.11. The van der Waals surface area contributed by atoms with Crippen molar-refractivity contribution in [1.82, 2.24) is 14.8 Å². The molecule has 1 saturated heterocycles. The number of likely N-dealkylation sites (tertiary alicyclic amines) is 1. The van der Waals surface area contributed by atoms with Gasteiger partial charge in [-0.25, -0.2) is 9.59 Å². The molecule has 6 heteroatoms. The maximum absolute atomic E-state index is 12.5. The van der Waals surface area contributed by atoms with Crippen LogP contribution in [-0.4, -0.2) is 58.1 Å². The maximum Gasteiger partial charge on any atom is 0.337 e. The molecule has 2 aliphatic rings. The van der Waals surface area contributed by atoms with Gasteiger partial charge in [0.1, 0.15) is 0 Å². The molecule has 0 spiro atoms. The maximum atomic E-state index is 12.5. The second kappa shape index (κ2) is 5.94. The van der Waals surface area contributed by atoms with Crippen LogP contribution in [0.1, 0.15) is 40.2 Å². The Balaban J connectivity index is 1.77. The Bertz CT molecular complexity index is 609. The van der Waals surface area contributed by atoms with Gasteiger partial charge in [-0.1, -0.05) is 0 Å². The Labute approximate surface area is 129 Å². The van der Waals surface area contributed by atoms with Gasteiger partial charge in [0.25, 0.3) is 0 Å². The van der Waals surface area contributed by atoms with Crippen LogP contribution in [0.5, 0.6) is 0 Å². The number of rotatable bonds is 1. The molecule has 0 aliphatic carbocycles. The zero-order valence-electron chi connectivity index (χ0n) is 12.8. The molecule has 0 atom stereocenters. The van der Waals surface area contributed by atoms with Gasteiger partial charge in [-0.2, -0.15) is 0 Å². The molecule has 1 aromatic heterocycles. The first-order valence-electron chi connectivity index (χ1n) is 7.83. The van der Waals surface area contributed by atoms with E-state index in [-0.39, 0.29) is 11.6 Å². The lowest BCUT2D eigenvalue weighted by Crippen LogP contribution is -2.42. The molecule has 118 valence electrons. The summed E-state index contributed by atoms with van der Waals surface area (Å²) in [4.78, 5) is 32.0. The number of fused-ring (bicyclic) bond motifs is 1. The molecule has 1 N–H and O–H groups in total. The van der Waals surface area contributed by atoms with Gasteiger partial charge >= 0.3 is 12.0 Å². The molecule has 0 saturated carbocycles. The molecule has 0 unspecified atom stereocenters. The van der Waals surface area contributed by atoms with Crippen molar-refractivity contribution in [1.29, 1.82) is 0 Å². The lowest BCUT2D eigenvalue weighted by atomic mass is 10.0. The van der Waals surface area contributed by atoms with Crippen LogP contribution in [-0.2, 0) is 12.8 Å². The molecule has 1 aromatic rings. The molecule has 0 aromatic carbocycles. The number of carboxylic acids is 1. The third-order valence-electron chi connectivity index (χ3n) is 4.53. The van der Waals surface area contributed by atoms with Crippen LogP contribution in [0.3, 0.4) is 0 Å². The minimum atomic E-state index is -0.943. The fourth-order valence-corrected chi connectivity index (χ4v) is 3.25. The SMILES string of the molecule is Cc1nc2c(cc1C(=O)O)CCN(C(=O)N1CCCC1)CC2. The predicted molar refractivity (Wildman–Crippen MR) is 81.1 cm³/mol. The van der Waals surface area contributed by atoms with E-state index in [1.54, 1.807) is 13.0 Å². The highest BCUT2D eigenvalue weighted by atomic mass is 16.4. The average Bonchev–Trinajstić information content (AvgIpc) is 2.94. The molecule has 22 heavy (non-hydrogen) atoms. The topological polar surface area (TPSA) is 73.7 Å². The number of hydrogen-bond acceptors (Lipinski definition) is 3. The molecule has 0 radical (unpaired) electrons. The van der Waals surface area contributed by atoms with Crippen molar-refractivity contribution >= 4 is 12.0 Å². The van der Waals surface area contributed by atoms with E-state index in [0.29, 0.717) is 31.6 Å². The van der Waals surface area contributed by atoms with Crippen molar-refractivity contribution in [2.45, 2.75) is 32.6 Å². The number of aromatic carboxylic acids is 1. The lowest BCUT2D eigenvalue weighted by molar-refractivity contribution is 0.0695. The smallest absolute Gasteiger partial charge is 0.337 e. The molecule has 3 heterocycles. The van der Waals surface area contributed by atoms with Crippen LogP contribution < -0.4 is 0 Å². The number of aryl methyl sites for hydroxylation is 1. The summed E-state index contributed by atoms with van der Waals surface area (Å²) < 4.78 is 0. The third kappa shape index (κ3) is 2.77. The summed E-state index contributed by atoms with van der Waals surface area (Å²) in [5.41, 5.74) is 2.70. The van der Waals surface area contributed by atoms with Gasteiger partial charge in [0.2, 0.25) is 0 Å². The Kier molecular flexibility index (Phi) is 4.00. The molecule has 1 fully saturated rings. The van der Waals surface area contributed by atoms with Crippen molar-refractivity contribution in [2.24, 2.45) is 0 Å². The number of nitrogens with zero attached hydrogens (tertiary/aromatic N) is 3. The van der Waals surface area contributed by atoms with Crippen molar-refractivity contribution in [3.63, 3.8) is 0 Å². The number of carboxylic acid groups (broad SMARTS) is 1. The number of pyridine rings is 1. The predicted octanol–water partition coefficient (Wildman–Crippen LogP) is 1.70. The van der Waals surface area contributed by atoms with E-state index in [1.807, 2.05) is 9.80 Å². The zero-order valence-corrected chi connectivity index (χ0v) is 12.8. The number of carbonyl (C=O) groups is 2. The zero-order chi connectivity index (χ0) is 15.7. The fraction of sp³-hybridized carbons (Fsp3) is 0.562. The van der Waals surface area contributed by atoms with Gasteiger partial charge in [0, 0.05) is 38.3 Å². The van der Waals surface area contributed by atoms with Crippen LogP contribution in [0.15, 0.2) is 6.07 Å². The standard InChI is InChI=1S/C16H21N3O3/c1-11-13(15(20)21)10-12-4-8-19(9-5-14(12)17-11)16(22)18-6-2-3-7-18/h10H,2-9H2,1H3,(H,20,21). The van der Waals surface area contributed by atoms with E-state index in [9.17, 15) is 14.7 Å². The van der Waals surface area contributed by atoms with Gasteiger partial charge in [-0.3, -0.25) is 4.98 Å². The number of hydrogen-bond donors (Lipinski definition) is 1. The summed E-state index contributed by atoms with van der Waals surface area (Å²) in [6.45, 7) is 4.71. The highest BCUT2D eigenvalue weighted by Crippen LogP contribution is 2.20. The Morgan fingerprint density at radius 3 is 2.41 bits per heavy atom. The van der Waals surface area contributed by atoms with E-state index in [4.69, 9.17) is 0 Å². The van der Waals surface area contributed by atoms with Gasteiger partial charge in [0.15, 0.2) is 0 Å². The molecule has 2 aliphatic heterocycles. The first-order chi connectivity index (χ1) is 10.6. The van der Waals surface area contributed by atoms with Crippen LogP contribution in [0.4, 0.5) is 4.79 Å². The van der Waals surface area contributed by atoms with Crippen LogP contribution in [0.25, 0.3) is 0 Å². The normalized spacial score (nSPS) is 18.0. The summed E-state index contributed by atoms with van der Waals surface area (Å²) in [5.74, 6) is -0.943. The van der Waals surface area contributed by atoms with Gasteiger partial charge in [-0.05, 0) is 37.8 Å². The van der Waals surface area contributed by atoms with Gasteiger partial charge < -0.3 is 14.9 Å². The van der Waals surface area contributed by atoms with E-state index in [0.717, 1.165) is 37.2 Å². The van der Waals surface area contributed by atoms with Crippen LogP contribution >= 0.6 is 0 Å². The number of amides is 2. The number of carbonyl (C=O) groups excluding carboxylic acids is 1. The molecule has 2 amide bonds. The minimum Gasteiger partial charge on any atom is -0.478 e. The molecular weight excluding hydrogens is 282 g/mol. The van der Waals surface area contributed by atoms with Crippen molar-refractivity contribution in [3.8, 4) is 0 Å². The summed E-state index contributed by atoms with van der Waals surface area (Å²) in [6, 6.07) is 1.84. The van der Waals surface area contributed by atoms with Crippen LogP contribution in [0, 0.1) is 6.92 Å². The van der Waals surface area contributed by atoms with Crippen molar-refractivity contribution < 1.29 is 14.7 Å². The number of aromatic nitrogens is 1. The summed E-state index contributed by atoms with van der Waals surface area (Å²) >= 11 is 0. The fourth-order valence-electron chi connectivity index (χ4n) is 3.25. The largest absolute Gasteiger partial charge is 0.478 e. The Morgan fingerprint density at radius 1 is 1.09 bits per heavy atom. The second-order valence-electron chi connectivity index (χ2n) is 6.00. The van der Waals surface area contributed by atoms with E-state index >= 15 is 0 Å². The summed E-state index contributed by atoms with van der Waals surface area (Å²) in [6.07, 6.45) is 3.53. The lowest BCUT2D eigenvalue weighted by Gasteiger charge is -2.26. The van der Waals surface area contributed by atoms with Crippen LogP contribution in [0.2, 0.25) is 0 Å². The highest BCUT2D eigenvalue weighted by Gasteiger charge is 2.26. The molecule has 0 bridgehead atoms. The van der Waals surface area contributed by atoms with Gasteiger partial charge in [0.05, 0.1) is 11.3 Å². The second-order valence-corrected chi connectivity index (χ2v) is 6.00. The highest BCUT2D eigenvalue weighted by molar-refractivity contribution is 5.89. The summed E-state index contributed by atoms with van der Waals surface area (Å²) in [7, 11) is 0. The van der Waals surface area contributed by atoms with E-state index in [1.165, 1.54) is 0 Å². The van der Waals surface area contributed by atoms with Crippen molar-refractivity contribution in [2.75, 3.05) is 26.2 Å².